The molecule has 8 heterocycles. The highest BCUT2D eigenvalue weighted by Gasteiger charge is 2.33. The second-order valence-corrected chi connectivity index (χ2v) is 32.5. The van der Waals surface area contributed by atoms with E-state index in [9.17, 15) is 0 Å². The molecule has 0 aliphatic rings. The highest BCUT2D eigenvalue weighted by molar-refractivity contribution is 6.18. The Balaban J connectivity index is 0.779. The highest BCUT2D eigenvalue weighted by Crippen LogP contribution is 2.51. The van der Waals surface area contributed by atoms with Gasteiger partial charge in [-0.1, -0.05) is 322 Å². The van der Waals surface area contributed by atoms with Crippen LogP contribution < -0.4 is 0 Å². The van der Waals surface area contributed by atoms with E-state index in [0.29, 0.717) is 23.3 Å². The first kappa shape index (κ1) is 70.7. The molecule has 0 aliphatic carbocycles. The first-order valence-corrected chi connectivity index (χ1v) is 42.8. The van der Waals surface area contributed by atoms with Crippen molar-refractivity contribution in [1.29, 1.82) is 0 Å². The van der Waals surface area contributed by atoms with Crippen LogP contribution in [0, 0.1) is 0 Å². The van der Waals surface area contributed by atoms with Gasteiger partial charge in [-0.05, 0) is 120 Å². The van der Waals surface area contributed by atoms with Crippen molar-refractivity contribution in [2.24, 2.45) is 0 Å². The molecule has 0 aliphatic heterocycles. The predicted octanol–water partition coefficient (Wildman–Crippen LogP) is 28.9. The molecular formula is C115H71N11. The zero-order chi connectivity index (χ0) is 82.6. The number of hydrogen-bond donors (Lipinski definition) is 0. The number of hydrogen-bond acceptors (Lipinski definition) is 5. The summed E-state index contributed by atoms with van der Waals surface area (Å²) < 4.78 is 15.1. The standard InChI is InChI=1S/C115H71N11/c1-5-33-72(34-6-1)92-71-93(117-112(116-92)73-35-7-2-8-36-73)89-64-67-105(121-94-51-23-13-41-78(94)79-42-14-24-52-95(79)121)110(125-100-57-29-19-47-84(100)85-48-20-30-58-101(85)125)108(89)124-103-60-32-22-50-87(103)91-69-76(62-66-104(91)124)77-61-63-88-86-49-21-31-59-102(86)126(107(88)70-77)111-106(122-96-53-25-15-43-80(96)81-44-16-26-54-97(81)122)68-65-90(109(111)123-98-55-27-17-45-82(98)83-46-18-28-56-99(83)123)115-119-113(74-37-9-3-10-38-74)118-114(120-115)75-39-11-4-12-40-75/h1-71H. The third kappa shape index (κ3) is 10.8. The molecule has 0 fully saturated rings. The minimum atomic E-state index is 0.530. The Labute approximate surface area is 722 Å². The second kappa shape index (κ2) is 28.2. The summed E-state index contributed by atoms with van der Waals surface area (Å²) in [7, 11) is 0. The predicted molar refractivity (Wildman–Crippen MR) is 520 cm³/mol. The number of benzene rings is 18. The van der Waals surface area contributed by atoms with Crippen LogP contribution in [0.2, 0.25) is 0 Å². The summed E-state index contributed by atoms with van der Waals surface area (Å²) in [6, 6.07) is 156. The third-order valence-corrected chi connectivity index (χ3v) is 25.7. The summed E-state index contributed by atoms with van der Waals surface area (Å²) in [5, 5.41) is 13.6. The summed E-state index contributed by atoms with van der Waals surface area (Å²) in [4.78, 5) is 27.9. The minimum absolute atomic E-state index is 0.530. The molecule has 11 heteroatoms. The van der Waals surface area contributed by atoms with Crippen molar-refractivity contribution in [3.63, 3.8) is 0 Å². The molecule has 0 radical (unpaired) electrons. The molecule has 11 nitrogen and oxygen atoms in total. The van der Waals surface area contributed by atoms with Crippen molar-refractivity contribution in [2.45, 2.75) is 0 Å². The summed E-state index contributed by atoms with van der Waals surface area (Å²) in [6.07, 6.45) is 0. The molecular weight excluding hydrogens is 1540 g/mol. The smallest absolute Gasteiger partial charge is 0.166 e. The maximum absolute atomic E-state index is 5.78. The second-order valence-electron chi connectivity index (χ2n) is 32.5. The van der Waals surface area contributed by atoms with Gasteiger partial charge in [-0.2, -0.15) is 0 Å². The summed E-state index contributed by atoms with van der Waals surface area (Å²) in [5.41, 5.74) is 27.5. The van der Waals surface area contributed by atoms with Gasteiger partial charge in [-0.25, -0.2) is 24.9 Å². The average molecular weight is 1610 g/mol. The van der Waals surface area contributed by atoms with Crippen molar-refractivity contribution in [1.82, 2.24) is 52.3 Å². The number of aromatic nitrogens is 11. The van der Waals surface area contributed by atoms with Gasteiger partial charge < -0.3 is 27.4 Å². The SMILES string of the molecule is c1ccc(-c2cc(-c3ccc(-n4c5ccccc5c5ccccc54)c(-n4c5ccccc5c5ccccc54)c3-n3c4ccccc4c4cc(-c5ccc6c7ccccc7n(-c7c(-n8c9ccccc9c9ccccc98)ccc(-c8nc(-c9ccccc9)nc(-c9ccccc9)n8)c7-n7c8ccccc8c8ccccc87)c6c5)ccc43)nc(-c3ccccc3)n2)cc1. The Kier molecular flexibility index (Phi) is 15.8. The van der Waals surface area contributed by atoms with Crippen LogP contribution in [0.1, 0.15) is 0 Å². The molecule has 26 aromatic rings. The molecule has 0 N–H and O–H groups in total. The van der Waals surface area contributed by atoms with Crippen LogP contribution in [-0.4, -0.2) is 52.3 Å². The van der Waals surface area contributed by atoms with Crippen LogP contribution in [0.3, 0.4) is 0 Å². The average Bonchev–Trinajstić information content (AvgIpc) is 1.53. The van der Waals surface area contributed by atoms with Crippen molar-refractivity contribution in [3.05, 3.63) is 431 Å². The fourth-order valence-electron chi connectivity index (χ4n) is 20.2. The maximum Gasteiger partial charge on any atom is 0.166 e. The van der Waals surface area contributed by atoms with E-state index in [2.05, 4.69) is 422 Å². The van der Waals surface area contributed by atoms with Gasteiger partial charge in [0.05, 0.1) is 112 Å². The molecule has 26 rings (SSSR count). The van der Waals surface area contributed by atoms with Gasteiger partial charge in [0.1, 0.15) is 0 Å². The van der Waals surface area contributed by atoms with E-state index in [1.807, 2.05) is 36.4 Å². The molecule has 0 saturated heterocycles. The molecule has 586 valence electrons. The van der Waals surface area contributed by atoms with Gasteiger partial charge >= 0.3 is 0 Å². The Morgan fingerprint density at radius 2 is 0.397 bits per heavy atom. The van der Waals surface area contributed by atoms with Crippen LogP contribution in [0.5, 0.6) is 0 Å². The van der Waals surface area contributed by atoms with Crippen molar-refractivity contribution in [3.8, 4) is 113 Å². The highest BCUT2D eigenvalue weighted by atomic mass is 15.1. The van der Waals surface area contributed by atoms with Crippen LogP contribution in [0.25, 0.3) is 244 Å². The van der Waals surface area contributed by atoms with Gasteiger partial charge in [0.2, 0.25) is 0 Å². The largest absolute Gasteiger partial charge is 0.307 e. The van der Waals surface area contributed by atoms with Crippen molar-refractivity contribution in [2.75, 3.05) is 0 Å². The summed E-state index contributed by atoms with van der Waals surface area (Å²) in [6.45, 7) is 0. The van der Waals surface area contributed by atoms with Crippen LogP contribution >= 0.6 is 0 Å². The fraction of sp³-hybridized carbons (Fsp3) is 0. The molecule has 0 spiro atoms. The Bertz CT molecular complexity index is 8650. The lowest BCUT2D eigenvalue weighted by molar-refractivity contribution is 1.03. The molecule has 8 aromatic heterocycles. The van der Waals surface area contributed by atoms with Crippen molar-refractivity contribution < 1.29 is 0 Å². The van der Waals surface area contributed by atoms with E-state index in [1.54, 1.807) is 0 Å². The molecule has 0 saturated carbocycles. The van der Waals surface area contributed by atoms with E-state index < -0.39 is 0 Å². The zero-order valence-corrected chi connectivity index (χ0v) is 67.9. The monoisotopic (exact) mass is 1610 g/mol. The van der Waals surface area contributed by atoms with E-state index in [4.69, 9.17) is 24.9 Å². The van der Waals surface area contributed by atoms with Crippen LogP contribution in [-0.2, 0) is 0 Å². The van der Waals surface area contributed by atoms with E-state index in [1.165, 1.54) is 10.8 Å². The van der Waals surface area contributed by atoms with E-state index in [-0.39, 0.29) is 0 Å². The number of nitrogens with zero attached hydrogens (tertiary/aromatic N) is 11. The van der Waals surface area contributed by atoms with Crippen LogP contribution in [0.15, 0.2) is 431 Å². The first-order valence-electron chi connectivity index (χ1n) is 42.8. The van der Waals surface area contributed by atoms with Gasteiger partial charge in [-0.3, -0.25) is 0 Å². The topological polar surface area (TPSA) is 94.0 Å². The summed E-state index contributed by atoms with van der Waals surface area (Å²) in [5.74, 6) is 2.29. The number of rotatable bonds is 13. The molecule has 0 atom stereocenters. The summed E-state index contributed by atoms with van der Waals surface area (Å²) >= 11 is 0. The molecule has 0 amide bonds. The molecule has 126 heavy (non-hydrogen) atoms. The van der Waals surface area contributed by atoms with E-state index >= 15 is 0 Å². The van der Waals surface area contributed by atoms with Gasteiger partial charge in [0.15, 0.2) is 23.3 Å². The Hall–Kier alpha value is -17.2. The van der Waals surface area contributed by atoms with E-state index in [0.717, 1.165) is 210 Å². The number of para-hydroxylation sites is 10. The molecule has 18 aromatic carbocycles. The minimum Gasteiger partial charge on any atom is -0.307 e. The van der Waals surface area contributed by atoms with Gasteiger partial charge in [0.25, 0.3) is 0 Å². The van der Waals surface area contributed by atoms with Gasteiger partial charge in [-0.15, -0.1) is 0 Å². The maximum atomic E-state index is 5.78. The Morgan fingerprint density at radius 3 is 0.786 bits per heavy atom. The number of fused-ring (bicyclic) bond motifs is 18. The fourth-order valence-corrected chi connectivity index (χ4v) is 20.2. The normalized spacial score (nSPS) is 12.0. The first-order chi connectivity index (χ1) is 62.6. The molecule has 0 bridgehead atoms. The molecule has 0 unspecified atom stereocenters. The third-order valence-electron chi connectivity index (χ3n) is 25.7. The van der Waals surface area contributed by atoms with Crippen molar-refractivity contribution >= 4 is 131 Å². The lowest BCUT2D eigenvalue weighted by Crippen LogP contribution is -2.12. The lowest BCUT2D eigenvalue weighted by atomic mass is 10.0. The zero-order valence-electron chi connectivity index (χ0n) is 67.9. The Morgan fingerprint density at radius 1 is 0.135 bits per heavy atom. The lowest BCUT2D eigenvalue weighted by Gasteiger charge is -2.25. The quantitative estimate of drug-likeness (QED) is 0.115. The van der Waals surface area contributed by atoms with Gasteiger partial charge in [0, 0.05) is 98.0 Å². The van der Waals surface area contributed by atoms with Crippen LogP contribution in [0.4, 0.5) is 0 Å².